The molecule has 3 aromatic rings. The van der Waals surface area contributed by atoms with E-state index in [2.05, 4.69) is 20.5 Å². The number of anilines is 1. The second-order valence-electron chi connectivity index (χ2n) is 13.5. The topological polar surface area (TPSA) is 112 Å². The van der Waals surface area contributed by atoms with E-state index >= 15 is 0 Å². The lowest BCUT2D eigenvalue weighted by molar-refractivity contribution is -0.0308. The molecule has 2 atom stereocenters. The van der Waals surface area contributed by atoms with Crippen molar-refractivity contribution >= 4 is 11.6 Å². The molecule has 246 valence electrons. The molecule has 1 aromatic heterocycles. The number of hydrogen-bond acceptors (Lipinski definition) is 8. The van der Waals surface area contributed by atoms with E-state index in [1.165, 1.54) is 57.8 Å². The summed E-state index contributed by atoms with van der Waals surface area (Å²) in [6, 6.07) is 11.6. The number of ether oxygens (including phenoxy) is 3. The van der Waals surface area contributed by atoms with Crippen molar-refractivity contribution in [1.82, 2.24) is 25.4 Å². The summed E-state index contributed by atoms with van der Waals surface area (Å²) in [5.41, 5.74) is 3.69. The van der Waals surface area contributed by atoms with E-state index in [1.807, 2.05) is 43.3 Å². The minimum Gasteiger partial charge on any atom is -0.486 e. The number of rotatable bonds is 6. The standard InChI is InChI=1S/C36H48N6O4/c1-25-18-29-30(46-17-16-45-29)20-27(25)21-39-35(43)26-10-9-11-28(19-26)38-23-32-40-41-34-33-31(44-15-14-42(32)34)22-37-24-36(33)12-7-5-3-2-4-6-8-13-36/h9-11,18-20,31,33,37-38H,2-8,12-17,21-24H2,1H3,(H,39,43). The molecule has 2 unspecified atom stereocenters. The number of hydrogen-bond donors (Lipinski definition) is 3. The van der Waals surface area contributed by atoms with Gasteiger partial charge in [-0.15, -0.1) is 10.2 Å². The summed E-state index contributed by atoms with van der Waals surface area (Å²) in [7, 11) is 0. The maximum absolute atomic E-state index is 13.2. The molecule has 0 radical (unpaired) electrons. The first-order chi connectivity index (χ1) is 22.6. The van der Waals surface area contributed by atoms with Crippen molar-refractivity contribution in [3.05, 3.63) is 64.7 Å². The predicted octanol–water partition coefficient (Wildman–Crippen LogP) is 5.50. The summed E-state index contributed by atoms with van der Waals surface area (Å²) in [5, 5.41) is 19.9. The number of fused-ring (bicyclic) bond motifs is 5. The van der Waals surface area contributed by atoms with E-state index < -0.39 is 0 Å². The maximum Gasteiger partial charge on any atom is 0.251 e. The Labute approximate surface area is 272 Å². The number of carbonyl (C=O) groups excluding carboxylic acids is 1. The largest absolute Gasteiger partial charge is 0.486 e. The number of nitrogens with one attached hydrogen (secondary N) is 3. The van der Waals surface area contributed by atoms with Crippen molar-refractivity contribution in [2.75, 3.05) is 38.2 Å². The lowest BCUT2D eigenvalue weighted by Gasteiger charge is -2.47. The minimum atomic E-state index is -0.126. The van der Waals surface area contributed by atoms with Gasteiger partial charge in [-0.05, 0) is 66.6 Å². The first kappa shape index (κ1) is 31.0. The highest BCUT2D eigenvalue weighted by Crippen LogP contribution is 2.49. The number of piperidine rings is 1. The fourth-order valence-corrected chi connectivity index (χ4v) is 8.03. The summed E-state index contributed by atoms with van der Waals surface area (Å²) in [5.74, 6) is 3.63. The van der Waals surface area contributed by atoms with Crippen LogP contribution >= 0.6 is 0 Å². The Bertz CT molecular complexity index is 1510. The van der Waals surface area contributed by atoms with Crippen molar-refractivity contribution in [3.63, 3.8) is 0 Å². The van der Waals surface area contributed by atoms with Gasteiger partial charge in [-0.3, -0.25) is 4.79 Å². The molecule has 10 heteroatoms. The van der Waals surface area contributed by atoms with Gasteiger partial charge in [0, 0.05) is 37.4 Å². The Morgan fingerprint density at radius 2 is 1.72 bits per heavy atom. The highest BCUT2D eigenvalue weighted by Gasteiger charge is 2.49. The molecule has 4 heterocycles. The van der Waals surface area contributed by atoms with Crippen molar-refractivity contribution in [2.45, 2.75) is 96.4 Å². The number of carbonyl (C=O) groups is 1. The molecule has 4 aliphatic rings. The number of nitrogens with zero attached hydrogens (tertiary/aromatic N) is 3. The highest BCUT2D eigenvalue weighted by molar-refractivity contribution is 5.95. The molecule has 7 rings (SSSR count). The van der Waals surface area contributed by atoms with Crippen LogP contribution in [0.15, 0.2) is 36.4 Å². The summed E-state index contributed by atoms with van der Waals surface area (Å²) in [6.45, 7) is 7.36. The van der Waals surface area contributed by atoms with Crippen LogP contribution in [0.2, 0.25) is 0 Å². The predicted molar refractivity (Wildman–Crippen MR) is 176 cm³/mol. The van der Waals surface area contributed by atoms with E-state index in [-0.39, 0.29) is 23.3 Å². The molecule has 2 fully saturated rings. The molecule has 1 saturated heterocycles. The molecule has 1 saturated carbocycles. The van der Waals surface area contributed by atoms with E-state index in [1.54, 1.807) is 0 Å². The molecular weight excluding hydrogens is 580 g/mol. The average molecular weight is 629 g/mol. The smallest absolute Gasteiger partial charge is 0.251 e. The van der Waals surface area contributed by atoms with Gasteiger partial charge in [0.15, 0.2) is 17.3 Å². The molecule has 10 nitrogen and oxygen atoms in total. The van der Waals surface area contributed by atoms with Crippen LogP contribution in [0.1, 0.15) is 96.8 Å². The average Bonchev–Trinajstić information content (AvgIpc) is 3.37. The quantitative estimate of drug-likeness (QED) is 0.329. The summed E-state index contributed by atoms with van der Waals surface area (Å²) >= 11 is 0. The normalized spacial score (nSPS) is 22.6. The van der Waals surface area contributed by atoms with Gasteiger partial charge in [-0.25, -0.2) is 0 Å². The van der Waals surface area contributed by atoms with Crippen LogP contribution in [-0.4, -0.2) is 59.7 Å². The third-order valence-electron chi connectivity index (χ3n) is 10.5. The van der Waals surface area contributed by atoms with E-state index in [4.69, 9.17) is 24.4 Å². The Morgan fingerprint density at radius 3 is 2.52 bits per heavy atom. The summed E-state index contributed by atoms with van der Waals surface area (Å²) < 4.78 is 20.3. The Kier molecular flexibility index (Phi) is 9.44. The molecule has 46 heavy (non-hydrogen) atoms. The van der Waals surface area contributed by atoms with E-state index in [9.17, 15) is 4.79 Å². The fraction of sp³-hybridized carbons (Fsp3) is 0.583. The van der Waals surface area contributed by atoms with Crippen molar-refractivity contribution in [1.29, 1.82) is 0 Å². The minimum absolute atomic E-state index is 0.126. The maximum atomic E-state index is 13.2. The van der Waals surface area contributed by atoms with Crippen LogP contribution in [0.4, 0.5) is 5.69 Å². The first-order valence-electron chi connectivity index (χ1n) is 17.4. The molecule has 1 spiro atoms. The van der Waals surface area contributed by atoms with Gasteiger partial charge in [0.05, 0.1) is 25.2 Å². The van der Waals surface area contributed by atoms with Crippen LogP contribution in [-0.2, 0) is 24.4 Å². The zero-order chi connectivity index (χ0) is 31.3. The zero-order valence-electron chi connectivity index (χ0n) is 27.1. The number of aromatic nitrogens is 3. The fourth-order valence-electron chi connectivity index (χ4n) is 8.03. The van der Waals surface area contributed by atoms with Crippen LogP contribution < -0.4 is 25.4 Å². The van der Waals surface area contributed by atoms with Crippen molar-refractivity contribution < 1.29 is 19.0 Å². The van der Waals surface area contributed by atoms with Gasteiger partial charge in [0.25, 0.3) is 5.91 Å². The van der Waals surface area contributed by atoms with E-state index in [0.29, 0.717) is 38.5 Å². The molecule has 2 aromatic carbocycles. The van der Waals surface area contributed by atoms with Crippen LogP contribution in [0.25, 0.3) is 0 Å². The number of amides is 1. The first-order valence-corrected chi connectivity index (χ1v) is 17.4. The van der Waals surface area contributed by atoms with E-state index in [0.717, 1.165) is 59.6 Å². The molecular formula is C36H48N6O4. The van der Waals surface area contributed by atoms with Gasteiger partial charge in [-0.1, -0.05) is 51.0 Å². The molecule has 3 N–H and O–H groups in total. The van der Waals surface area contributed by atoms with Crippen LogP contribution in [0, 0.1) is 12.3 Å². The third kappa shape index (κ3) is 6.60. The lowest BCUT2D eigenvalue weighted by atomic mass is 9.64. The number of aryl methyl sites for hydroxylation is 1. The van der Waals surface area contributed by atoms with Crippen LogP contribution in [0.5, 0.6) is 11.5 Å². The van der Waals surface area contributed by atoms with Gasteiger partial charge in [0.2, 0.25) is 0 Å². The summed E-state index contributed by atoms with van der Waals surface area (Å²) in [4.78, 5) is 13.2. The lowest BCUT2D eigenvalue weighted by Crippen LogP contribution is -2.54. The second-order valence-corrected chi connectivity index (χ2v) is 13.5. The van der Waals surface area contributed by atoms with Gasteiger partial charge < -0.3 is 34.7 Å². The highest BCUT2D eigenvalue weighted by atomic mass is 16.6. The van der Waals surface area contributed by atoms with Gasteiger partial charge in [0.1, 0.15) is 19.0 Å². The Hall–Kier alpha value is -3.63. The molecule has 1 aliphatic carbocycles. The zero-order valence-corrected chi connectivity index (χ0v) is 27.1. The molecule has 3 aliphatic heterocycles. The molecule has 0 bridgehead atoms. The monoisotopic (exact) mass is 628 g/mol. The Balaban J connectivity index is 1.03. The van der Waals surface area contributed by atoms with Crippen molar-refractivity contribution in [3.8, 4) is 11.5 Å². The van der Waals surface area contributed by atoms with Crippen molar-refractivity contribution in [2.24, 2.45) is 5.41 Å². The Morgan fingerprint density at radius 1 is 0.957 bits per heavy atom. The third-order valence-corrected chi connectivity index (χ3v) is 10.5. The van der Waals surface area contributed by atoms with Crippen LogP contribution in [0.3, 0.4) is 0 Å². The van der Waals surface area contributed by atoms with Gasteiger partial charge in [-0.2, -0.15) is 0 Å². The number of benzene rings is 2. The second kappa shape index (κ2) is 14.0. The molecule has 1 amide bonds. The summed E-state index contributed by atoms with van der Waals surface area (Å²) in [6.07, 6.45) is 11.8. The SMILES string of the molecule is Cc1cc2c(cc1CNC(=O)c1cccc(NCc3nnc4n3CCOC3CNCC5(CCCCCCCCC5)C43)c1)OCCO2. The van der Waals surface area contributed by atoms with Gasteiger partial charge >= 0.3 is 0 Å².